The van der Waals surface area contributed by atoms with Crippen LogP contribution in [0.1, 0.15) is 51.9 Å². The van der Waals surface area contributed by atoms with Crippen LogP contribution in [0.3, 0.4) is 0 Å². The molecule has 2 aliphatic heterocycles. The lowest BCUT2D eigenvalue weighted by Gasteiger charge is -2.69. The maximum Gasteiger partial charge on any atom is 0.397 e. The predicted molar refractivity (Wildman–Crippen MR) is 87.5 cm³/mol. The fourth-order valence-electron chi connectivity index (χ4n) is 6.31. The summed E-state index contributed by atoms with van der Waals surface area (Å²) in [5.41, 5.74) is -1.36. The molecule has 2 heterocycles. The highest BCUT2D eigenvalue weighted by Gasteiger charge is 2.74. The Hall–Kier alpha value is -1.10. The fraction of sp³-hybridized carbons (Fsp3) is 0.833. The van der Waals surface area contributed by atoms with Crippen LogP contribution in [-0.4, -0.2) is 46.1 Å². The summed E-state index contributed by atoms with van der Waals surface area (Å²) >= 11 is 5.96. The molecule has 132 valence electrons. The fourth-order valence-corrected chi connectivity index (χ4v) is 6.44. The maximum absolute atomic E-state index is 12.9. The summed E-state index contributed by atoms with van der Waals surface area (Å²) in [5, 5.41) is 0. The van der Waals surface area contributed by atoms with Crippen molar-refractivity contribution in [1.82, 2.24) is 4.90 Å². The van der Waals surface area contributed by atoms with Gasteiger partial charge in [0.1, 0.15) is 11.4 Å². The van der Waals surface area contributed by atoms with Crippen LogP contribution >= 0.6 is 11.6 Å². The molecule has 2 bridgehead atoms. The van der Waals surface area contributed by atoms with Crippen LogP contribution in [0.25, 0.3) is 0 Å². The Bertz CT molecular complexity index is 608. The van der Waals surface area contributed by atoms with Crippen molar-refractivity contribution in [3.05, 3.63) is 0 Å². The van der Waals surface area contributed by atoms with Crippen LogP contribution in [-0.2, 0) is 19.1 Å². The van der Waals surface area contributed by atoms with Gasteiger partial charge in [-0.2, -0.15) is 0 Å². The second kappa shape index (κ2) is 5.45. The summed E-state index contributed by atoms with van der Waals surface area (Å²) in [6.45, 7) is 2.74. The minimum Gasteiger partial charge on any atom is -0.449 e. The van der Waals surface area contributed by atoms with E-state index < -0.39 is 23.0 Å². The number of hydrogen-bond donors (Lipinski definition) is 0. The molecule has 2 aliphatic carbocycles. The number of piperidine rings is 1. The molecular weight excluding hydrogens is 330 g/mol. The van der Waals surface area contributed by atoms with E-state index in [-0.39, 0.29) is 17.6 Å². The van der Waals surface area contributed by atoms with E-state index in [4.69, 9.17) is 16.3 Å². The average Bonchev–Trinajstić information content (AvgIpc) is 2.54. The third-order valence-corrected chi connectivity index (χ3v) is 7.15. The van der Waals surface area contributed by atoms with Crippen molar-refractivity contribution < 1.29 is 19.1 Å². The van der Waals surface area contributed by atoms with E-state index in [0.717, 1.165) is 32.1 Å². The van der Waals surface area contributed by atoms with Crippen molar-refractivity contribution in [2.45, 2.75) is 63.0 Å². The monoisotopic (exact) mass is 353 g/mol. The van der Waals surface area contributed by atoms with Gasteiger partial charge in [0, 0.05) is 30.7 Å². The van der Waals surface area contributed by atoms with E-state index >= 15 is 0 Å². The van der Waals surface area contributed by atoms with Crippen molar-refractivity contribution in [3.8, 4) is 0 Å². The molecule has 0 aromatic heterocycles. The summed E-state index contributed by atoms with van der Waals surface area (Å²) in [4.78, 5) is 39.6. The summed E-state index contributed by atoms with van der Waals surface area (Å²) in [6, 6.07) is 0. The van der Waals surface area contributed by atoms with Crippen molar-refractivity contribution in [1.29, 1.82) is 0 Å². The molecule has 0 aromatic carbocycles. The minimum absolute atomic E-state index is 0.00543. The van der Waals surface area contributed by atoms with Gasteiger partial charge in [-0.1, -0.05) is 6.92 Å². The average molecular weight is 354 g/mol. The van der Waals surface area contributed by atoms with E-state index in [1.807, 2.05) is 0 Å². The number of ketones is 1. The number of nitrogens with zero attached hydrogens (tertiary/aromatic N) is 1. The van der Waals surface area contributed by atoms with Gasteiger partial charge in [-0.25, -0.2) is 4.79 Å². The van der Waals surface area contributed by atoms with E-state index in [9.17, 15) is 14.4 Å². The Kier molecular flexibility index (Phi) is 3.72. The Labute approximate surface area is 147 Å². The van der Waals surface area contributed by atoms with E-state index in [0.29, 0.717) is 31.2 Å². The van der Waals surface area contributed by atoms with Gasteiger partial charge in [-0.3, -0.25) is 9.59 Å². The van der Waals surface area contributed by atoms with Crippen LogP contribution in [0.4, 0.5) is 0 Å². The molecule has 4 fully saturated rings. The second-order valence-corrected chi connectivity index (χ2v) is 8.44. The molecule has 4 aliphatic rings. The van der Waals surface area contributed by atoms with Crippen LogP contribution in [0.5, 0.6) is 0 Å². The molecular formula is C18H24ClNO4. The van der Waals surface area contributed by atoms with Gasteiger partial charge < -0.3 is 9.64 Å². The number of carbonyl (C=O) groups excluding carboxylic acids is 3. The lowest BCUT2D eigenvalue weighted by Crippen LogP contribution is -2.83. The van der Waals surface area contributed by atoms with E-state index in [1.165, 1.54) is 0 Å². The SMILES string of the molecule is C[C@@H]1C[C@H]2CC(=O)[C@H]3CCCN4C(=O)C(=O)O[C@]2(CCCCl)[C@]34C1. The molecule has 0 unspecified atom stereocenters. The molecule has 6 heteroatoms. The van der Waals surface area contributed by atoms with Crippen LogP contribution in [0, 0.1) is 17.8 Å². The lowest BCUT2D eigenvalue weighted by atomic mass is 9.46. The number of halogens is 1. The highest BCUT2D eigenvalue weighted by Crippen LogP contribution is 2.62. The lowest BCUT2D eigenvalue weighted by molar-refractivity contribution is -0.263. The zero-order valence-corrected chi connectivity index (χ0v) is 14.8. The number of hydrogen-bond acceptors (Lipinski definition) is 4. The smallest absolute Gasteiger partial charge is 0.397 e. The Balaban J connectivity index is 1.92. The van der Waals surface area contributed by atoms with Gasteiger partial charge in [0.15, 0.2) is 0 Å². The highest BCUT2D eigenvalue weighted by molar-refractivity contribution is 6.33. The summed E-state index contributed by atoms with van der Waals surface area (Å²) in [5.74, 6) is -0.324. The third-order valence-electron chi connectivity index (χ3n) is 6.88. The predicted octanol–water partition coefficient (Wildman–Crippen LogP) is 2.30. The number of morpholine rings is 1. The number of esters is 1. The molecule has 2 saturated carbocycles. The summed E-state index contributed by atoms with van der Waals surface area (Å²) in [6.07, 6.45) is 5.04. The van der Waals surface area contributed by atoms with Crippen molar-refractivity contribution in [3.63, 3.8) is 0 Å². The molecule has 0 aromatic rings. The number of ether oxygens (including phenoxy) is 1. The maximum atomic E-state index is 12.9. The molecule has 5 atom stereocenters. The van der Waals surface area contributed by atoms with Gasteiger partial charge in [0.25, 0.3) is 0 Å². The largest absolute Gasteiger partial charge is 0.449 e. The van der Waals surface area contributed by atoms with Crippen LogP contribution in [0.2, 0.25) is 0 Å². The normalized spacial score (nSPS) is 44.2. The first-order valence-electron chi connectivity index (χ1n) is 9.10. The van der Waals surface area contributed by atoms with E-state index in [1.54, 1.807) is 4.90 Å². The summed E-state index contributed by atoms with van der Waals surface area (Å²) in [7, 11) is 0. The number of alkyl halides is 1. The number of amides is 1. The quantitative estimate of drug-likeness (QED) is 0.443. The first-order valence-corrected chi connectivity index (χ1v) is 9.63. The van der Waals surface area contributed by atoms with Gasteiger partial charge in [-0.15, -0.1) is 11.6 Å². The highest BCUT2D eigenvalue weighted by atomic mass is 35.5. The molecule has 24 heavy (non-hydrogen) atoms. The molecule has 0 N–H and O–H groups in total. The van der Waals surface area contributed by atoms with E-state index in [2.05, 4.69) is 6.92 Å². The van der Waals surface area contributed by atoms with Crippen molar-refractivity contribution >= 4 is 29.3 Å². The Morgan fingerprint density at radius 2 is 2.12 bits per heavy atom. The second-order valence-electron chi connectivity index (χ2n) is 8.06. The van der Waals surface area contributed by atoms with Crippen molar-refractivity contribution in [2.24, 2.45) is 17.8 Å². The van der Waals surface area contributed by atoms with Gasteiger partial charge in [0.2, 0.25) is 0 Å². The number of carbonyl (C=O) groups is 3. The Morgan fingerprint density at radius 3 is 2.88 bits per heavy atom. The first kappa shape index (κ1) is 16.4. The number of Topliss-reactive ketones (excluding diaryl/α,β-unsaturated/α-hetero) is 1. The van der Waals surface area contributed by atoms with Crippen molar-refractivity contribution in [2.75, 3.05) is 12.4 Å². The molecule has 0 radical (unpaired) electrons. The van der Waals surface area contributed by atoms with Crippen LogP contribution in [0.15, 0.2) is 0 Å². The zero-order valence-electron chi connectivity index (χ0n) is 14.1. The number of rotatable bonds is 3. The topological polar surface area (TPSA) is 63.7 Å². The van der Waals surface area contributed by atoms with Gasteiger partial charge in [0.05, 0.1) is 5.54 Å². The van der Waals surface area contributed by atoms with Crippen LogP contribution < -0.4 is 0 Å². The first-order chi connectivity index (χ1) is 11.5. The minimum atomic E-state index is -0.741. The van der Waals surface area contributed by atoms with Gasteiger partial charge >= 0.3 is 11.9 Å². The molecule has 1 amide bonds. The molecule has 1 spiro atoms. The van der Waals surface area contributed by atoms with Gasteiger partial charge in [-0.05, 0) is 44.4 Å². The summed E-state index contributed by atoms with van der Waals surface area (Å²) < 4.78 is 5.94. The third kappa shape index (κ3) is 1.85. The Morgan fingerprint density at radius 1 is 1.33 bits per heavy atom. The molecule has 4 rings (SSSR count). The zero-order chi connectivity index (χ0) is 17.1. The molecule has 2 saturated heterocycles. The standard InChI is InChI=1S/C18H24ClNO4/c1-11-8-12-9-14(21)13-4-2-7-20-15(22)16(23)24-18(12,5-3-6-19)17(13,20)10-11/h11-13H,2-10H2,1H3/t11-,12+,13-,17+,18+/m1/s1. The molecule has 5 nitrogen and oxygen atoms in total.